The zero-order valence-electron chi connectivity index (χ0n) is 21.3. The van der Waals surface area contributed by atoms with Gasteiger partial charge in [0.1, 0.15) is 12.2 Å². The molecule has 1 unspecified atom stereocenters. The van der Waals surface area contributed by atoms with E-state index in [1.165, 1.54) is 4.90 Å². The van der Waals surface area contributed by atoms with Crippen molar-refractivity contribution in [1.29, 1.82) is 0 Å². The molecule has 0 aromatic heterocycles. The van der Waals surface area contributed by atoms with Crippen LogP contribution in [0, 0.1) is 17.3 Å². The van der Waals surface area contributed by atoms with Gasteiger partial charge in [0, 0.05) is 25.2 Å². The first-order valence-corrected chi connectivity index (χ1v) is 12.8. The summed E-state index contributed by atoms with van der Waals surface area (Å²) in [5.74, 6) is -1.13. The highest BCUT2D eigenvalue weighted by molar-refractivity contribution is 5.84. The summed E-state index contributed by atoms with van der Waals surface area (Å²) < 4.78 is 44.9. The van der Waals surface area contributed by atoms with Crippen molar-refractivity contribution in [2.24, 2.45) is 17.3 Å². The Kier molecular flexibility index (Phi) is 6.41. The second kappa shape index (κ2) is 9.19. The Balaban J connectivity index is 1.47. The number of hydrogen-bond acceptors (Lipinski definition) is 4. The average molecular weight is 519 g/mol. The number of likely N-dealkylation sites (tertiary alicyclic amines) is 1. The first kappa shape index (κ1) is 25.8. The Morgan fingerprint density at radius 1 is 1.05 bits per heavy atom. The number of nitrogens with zero attached hydrogens (tertiary/aromatic N) is 2. The Morgan fingerprint density at radius 3 is 2.41 bits per heavy atom. The number of rotatable bonds is 7. The maximum Gasteiger partial charge on any atom is 0.397 e. The Hall–Kier alpha value is -2.81. The zero-order chi connectivity index (χ0) is 26.7. The van der Waals surface area contributed by atoms with Crippen LogP contribution >= 0.6 is 0 Å². The largest absolute Gasteiger partial charge is 0.497 e. The fourth-order valence-corrected chi connectivity index (χ4v) is 6.97. The minimum atomic E-state index is -4.57. The maximum absolute atomic E-state index is 13.2. The van der Waals surface area contributed by atoms with Gasteiger partial charge in [0.05, 0.1) is 18.6 Å². The van der Waals surface area contributed by atoms with E-state index in [1.807, 2.05) is 24.3 Å². The molecule has 3 heterocycles. The number of carboxylic acid groups (broad SMARTS) is 1. The van der Waals surface area contributed by atoms with Crippen LogP contribution < -0.4 is 4.74 Å². The lowest BCUT2D eigenvalue weighted by atomic mass is 9.77. The molecule has 1 N–H and O–H groups in total. The molecule has 200 valence electrons. The monoisotopic (exact) mass is 518 g/mol. The van der Waals surface area contributed by atoms with Crippen molar-refractivity contribution in [3.05, 3.63) is 42.0 Å². The van der Waals surface area contributed by atoms with E-state index < -0.39 is 35.9 Å². The minimum Gasteiger partial charge on any atom is -0.497 e. The fourth-order valence-electron chi connectivity index (χ4n) is 6.97. The van der Waals surface area contributed by atoms with E-state index in [0.717, 1.165) is 34.9 Å². The van der Waals surface area contributed by atoms with Crippen LogP contribution in [0.1, 0.15) is 45.1 Å². The second-order valence-electron chi connectivity index (χ2n) is 11.6. The summed E-state index contributed by atoms with van der Waals surface area (Å²) in [4.78, 5) is 28.7. The van der Waals surface area contributed by atoms with Crippen LogP contribution in [-0.2, 0) is 16.1 Å². The third-order valence-electron chi connectivity index (χ3n) is 8.62. The van der Waals surface area contributed by atoms with Gasteiger partial charge in [-0.25, -0.2) is 0 Å². The summed E-state index contributed by atoms with van der Waals surface area (Å²) in [6, 6.07) is 11.6. The molecule has 0 spiro atoms. The summed E-state index contributed by atoms with van der Waals surface area (Å²) in [5, 5.41) is 11.9. The summed E-state index contributed by atoms with van der Waals surface area (Å²) in [6.45, 7) is 4.25. The number of piperidine rings is 2. The SMILES string of the molecule is COc1ccc2cc(CN3[C@@H]4C[C@H]5C[C@H]3[C@H](CC(C)(C)C(=O)O)C4N(C(=O)CC(F)(F)F)C5)ccc2c1. The summed E-state index contributed by atoms with van der Waals surface area (Å²) in [6.07, 6.45) is -4.17. The number of amides is 1. The molecule has 0 radical (unpaired) electrons. The minimum absolute atomic E-state index is 0.0163. The van der Waals surface area contributed by atoms with Crippen LogP contribution in [0.5, 0.6) is 5.75 Å². The normalized spacial score (nSPS) is 27.6. The molecule has 5 atom stereocenters. The molecule has 3 fully saturated rings. The number of hydrogen-bond donors (Lipinski definition) is 1. The Bertz CT molecular complexity index is 1210. The summed E-state index contributed by atoms with van der Waals surface area (Å²) in [7, 11) is 1.63. The number of halogens is 3. The fraction of sp³-hybridized carbons (Fsp3) is 0.571. The predicted octanol–water partition coefficient (Wildman–Crippen LogP) is 5.09. The second-order valence-corrected chi connectivity index (χ2v) is 11.6. The van der Waals surface area contributed by atoms with Crippen molar-refractivity contribution in [3.8, 4) is 5.75 Å². The topological polar surface area (TPSA) is 70.1 Å². The number of methoxy groups -OCH3 is 1. The van der Waals surface area contributed by atoms with Gasteiger partial charge < -0.3 is 14.7 Å². The number of ether oxygens (including phenoxy) is 1. The van der Waals surface area contributed by atoms with Crippen LogP contribution in [0.4, 0.5) is 13.2 Å². The third kappa shape index (κ3) is 4.90. The third-order valence-corrected chi connectivity index (χ3v) is 8.62. The lowest BCUT2D eigenvalue weighted by Crippen LogP contribution is -2.58. The highest BCUT2D eigenvalue weighted by Crippen LogP contribution is 2.52. The molecule has 3 aliphatic rings. The highest BCUT2D eigenvalue weighted by atomic mass is 19.4. The predicted molar refractivity (Wildman–Crippen MR) is 132 cm³/mol. The van der Waals surface area contributed by atoms with E-state index in [-0.39, 0.29) is 23.9 Å². The number of carbonyl (C=O) groups excluding carboxylic acids is 1. The Morgan fingerprint density at radius 2 is 1.73 bits per heavy atom. The van der Waals surface area contributed by atoms with Gasteiger partial charge in [0.15, 0.2) is 0 Å². The van der Waals surface area contributed by atoms with Gasteiger partial charge in [-0.05, 0) is 79.5 Å². The van der Waals surface area contributed by atoms with E-state index in [0.29, 0.717) is 19.5 Å². The molecule has 9 heteroatoms. The molecule has 2 aromatic carbocycles. The molecule has 3 bridgehead atoms. The molecule has 0 saturated carbocycles. The van der Waals surface area contributed by atoms with Crippen LogP contribution in [0.3, 0.4) is 0 Å². The molecule has 2 aromatic rings. The van der Waals surface area contributed by atoms with Crippen molar-refractivity contribution in [1.82, 2.24) is 9.80 Å². The molecule has 5 rings (SSSR count). The lowest BCUT2D eigenvalue weighted by Gasteiger charge is -2.47. The lowest BCUT2D eigenvalue weighted by molar-refractivity contribution is -0.166. The van der Waals surface area contributed by atoms with Crippen molar-refractivity contribution >= 4 is 22.6 Å². The van der Waals surface area contributed by atoms with E-state index in [2.05, 4.69) is 17.0 Å². The quantitative estimate of drug-likeness (QED) is 0.553. The van der Waals surface area contributed by atoms with Crippen LogP contribution in [-0.4, -0.2) is 64.7 Å². The molecule has 6 nitrogen and oxygen atoms in total. The Labute approximate surface area is 214 Å². The van der Waals surface area contributed by atoms with E-state index in [1.54, 1.807) is 21.0 Å². The molecule has 3 aliphatic heterocycles. The van der Waals surface area contributed by atoms with Gasteiger partial charge in [-0.3, -0.25) is 14.5 Å². The van der Waals surface area contributed by atoms with Crippen LogP contribution in [0.15, 0.2) is 36.4 Å². The van der Waals surface area contributed by atoms with E-state index in [4.69, 9.17) is 4.74 Å². The molecule has 1 amide bonds. The van der Waals surface area contributed by atoms with Crippen LogP contribution in [0.2, 0.25) is 0 Å². The van der Waals surface area contributed by atoms with Crippen molar-refractivity contribution in [2.75, 3.05) is 13.7 Å². The highest BCUT2D eigenvalue weighted by Gasteiger charge is 2.60. The number of benzene rings is 2. The van der Waals surface area contributed by atoms with Crippen molar-refractivity contribution in [2.45, 2.75) is 70.4 Å². The average Bonchev–Trinajstić information content (AvgIpc) is 2.93. The smallest absolute Gasteiger partial charge is 0.397 e. The maximum atomic E-state index is 13.2. The van der Waals surface area contributed by atoms with Gasteiger partial charge in [-0.2, -0.15) is 13.2 Å². The number of aliphatic carboxylic acids is 1. The molecular formula is C28H33F3N2O4. The van der Waals surface area contributed by atoms with E-state index in [9.17, 15) is 27.9 Å². The zero-order valence-corrected chi connectivity index (χ0v) is 21.3. The van der Waals surface area contributed by atoms with E-state index >= 15 is 0 Å². The van der Waals surface area contributed by atoms with Gasteiger partial charge in [0.2, 0.25) is 5.91 Å². The van der Waals surface area contributed by atoms with Crippen LogP contribution in [0.25, 0.3) is 10.8 Å². The first-order chi connectivity index (χ1) is 17.4. The van der Waals surface area contributed by atoms with Gasteiger partial charge in [0.25, 0.3) is 0 Å². The molecule has 37 heavy (non-hydrogen) atoms. The number of carboxylic acids is 1. The summed E-state index contributed by atoms with van der Waals surface area (Å²) in [5.41, 5.74) is 0.0314. The van der Waals surface area contributed by atoms with Crippen molar-refractivity contribution < 1.29 is 32.6 Å². The number of fused-ring (bicyclic) bond motifs is 3. The first-order valence-electron chi connectivity index (χ1n) is 12.8. The molecule has 3 saturated heterocycles. The molecular weight excluding hydrogens is 485 g/mol. The van der Waals surface area contributed by atoms with Gasteiger partial charge in [-0.1, -0.05) is 18.2 Å². The van der Waals surface area contributed by atoms with Gasteiger partial charge >= 0.3 is 12.1 Å². The van der Waals surface area contributed by atoms with Gasteiger partial charge in [-0.15, -0.1) is 0 Å². The van der Waals surface area contributed by atoms with Crippen molar-refractivity contribution in [3.63, 3.8) is 0 Å². The standard InChI is InChI=1S/C28H33F3N2O4/c1-27(2,26(35)36)12-21-22-9-17-10-23(25(21)33(15-17)24(34)13-28(29,30)31)32(22)14-16-4-5-19-11-20(37-3)7-6-18(19)8-16/h4-8,11,17,21-23,25H,9-10,12-15H2,1-3H3,(H,35,36)/t17-,21+,22+,23-,25?/m1/s1. The summed E-state index contributed by atoms with van der Waals surface area (Å²) >= 11 is 0. The number of alkyl halides is 3. The number of carbonyl (C=O) groups is 2. The molecule has 0 aliphatic carbocycles.